The minimum atomic E-state index is -0.421. The molecule has 24 heavy (non-hydrogen) atoms. The number of benzene rings is 1. The zero-order chi connectivity index (χ0) is 17.9. The van der Waals surface area contributed by atoms with Crippen LogP contribution in [0.15, 0.2) is 29.4 Å². The Kier molecular flexibility index (Phi) is 5.14. The monoisotopic (exact) mass is 344 g/mol. The molecule has 1 amide bonds. The van der Waals surface area contributed by atoms with Crippen molar-refractivity contribution in [2.75, 3.05) is 11.2 Å². The molecule has 0 spiro atoms. The van der Waals surface area contributed by atoms with Crippen LogP contribution in [0.5, 0.6) is 0 Å². The molecule has 0 fully saturated rings. The van der Waals surface area contributed by atoms with Gasteiger partial charge in [-0.2, -0.15) is 5.26 Å². The van der Waals surface area contributed by atoms with Gasteiger partial charge >= 0.3 is 0 Å². The third kappa shape index (κ3) is 4.06. The van der Waals surface area contributed by atoms with Crippen LogP contribution < -0.4 is 11.2 Å². The summed E-state index contributed by atoms with van der Waals surface area (Å²) in [4.78, 5) is 12.3. The molecule has 0 radical (unpaired) electrons. The molecule has 3 N–H and O–H groups in total. The van der Waals surface area contributed by atoms with E-state index in [9.17, 15) is 4.79 Å². The summed E-state index contributed by atoms with van der Waals surface area (Å²) in [6.07, 6.45) is 0. The van der Waals surface area contributed by atoms with Gasteiger partial charge in [0, 0.05) is 11.1 Å². The predicted octanol–water partition coefficient (Wildman–Crippen LogP) is 2.28. The molecule has 126 valence electrons. The van der Waals surface area contributed by atoms with E-state index in [1.165, 1.54) is 16.4 Å². The molecule has 0 saturated heterocycles. The van der Waals surface area contributed by atoms with Crippen LogP contribution in [0.25, 0.3) is 0 Å². The normalized spacial score (nSPS) is 12.5. The fourth-order valence-electron chi connectivity index (χ4n) is 1.99. The van der Waals surface area contributed by atoms with E-state index in [4.69, 9.17) is 11.1 Å². The number of aromatic nitrogens is 3. The molecule has 1 heterocycles. The van der Waals surface area contributed by atoms with Gasteiger partial charge in [0.1, 0.15) is 0 Å². The summed E-state index contributed by atoms with van der Waals surface area (Å²) in [6, 6.07) is 8.80. The van der Waals surface area contributed by atoms with Gasteiger partial charge in [0.25, 0.3) is 0 Å². The predicted molar refractivity (Wildman–Crippen MR) is 94.0 cm³/mol. The highest BCUT2D eigenvalue weighted by Crippen LogP contribution is 2.26. The van der Waals surface area contributed by atoms with Gasteiger partial charge in [0.15, 0.2) is 5.82 Å². The van der Waals surface area contributed by atoms with Crippen LogP contribution in [0, 0.1) is 11.3 Å². The van der Waals surface area contributed by atoms with Gasteiger partial charge in [-0.1, -0.05) is 38.6 Å². The molecule has 0 unspecified atom stereocenters. The molecule has 0 bridgehead atoms. The van der Waals surface area contributed by atoms with Crippen molar-refractivity contribution in [2.24, 2.45) is 0 Å². The van der Waals surface area contributed by atoms with Crippen LogP contribution in [0.2, 0.25) is 0 Å². The van der Waals surface area contributed by atoms with Crippen molar-refractivity contribution in [3.05, 3.63) is 35.7 Å². The summed E-state index contributed by atoms with van der Waals surface area (Å²) in [6.45, 7) is 7.74. The molecule has 2 rings (SSSR count). The zero-order valence-electron chi connectivity index (χ0n) is 14.1. The number of rotatable bonds is 4. The maximum Gasteiger partial charge on any atom is 0.237 e. The van der Waals surface area contributed by atoms with E-state index >= 15 is 0 Å². The maximum atomic E-state index is 12.3. The highest BCUT2D eigenvalue weighted by molar-refractivity contribution is 8.00. The Labute approximate surface area is 145 Å². The fourth-order valence-corrected chi connectivity index (χ4v) is 2.76. The van der Waals surface area contributed by atoms with Crippen molar-refractivity contribution in [3.8, 4) is 6.07 Å². The minimum Gasteiger partial charge on any atom is -0.336 e. The molecule has 7 nitrogen and oxygen atoms in total. The average Bonchev–Trinajstić information content (AvgIpc) is 2.88. The molecule has 0 aliphatic rings. The van der Waals surface area contributed by atoms with Crippen LogP contribution in [0.4, 0.5) is 5.69 Å². The van der Waals surface area contributed by atoms with E-state index in [0.29, 0.717) is 22.2 Å². The summed E-state index contributed by atoms with van der Waals surface area (Å²) < 4.78 is 1.42. The molecule has 1 aromatic carbocycles. The summed E-state index contributed by atoms with van der Waals surface area (Å²) in [5, 5.41) is 19.9. The van der Waals surface area contributed by atoms with E-state index in [-0.39, 0.29) is 11.3 Å². The smallest absolute Gasteiger partial charge is 0.237 e. The fraction of sp³-hybridized carbons (Fsp3) is 0.375. The lowest BCUT2D eigenvalue weighted by molar-refractivity contribution is -0.115. The number of hydrogen-bond acceptors (Lipinski definition) is 6. The Bertz CT molecular complexity index is 787. The zero-order valence-corrected chi connectivity index (χ0v) is 14.9. The Morgan fingerprint density at radius 3 is 2.71 bits per heavy atom. The Hall–Kier alpha value is -2.53. The number of nitrogens with zero attached hydrogens (tertiary/aromatic N) is 4. The van der Waals surface area contributed by atoms with E-state index in [2.05, 4.69) is 15.5 Å². The van der Waals surface area contributed by atoms with Crippen LogP contribution >= 0.6 is 11.8 Å². The minimum absolute atomic E-state index is 0.199. The number of nitrogens with one attached hydrogen (secondary N) is 1. The Morgan fingerprint density at radius 1 is 1.42 bits per heavy atom. The van der Waals surface area contributed by atoms with Gasteiger partial charge in [-0.25, -0.2) is 4.68 Å². The molecule has 2 aromatic rings. The molecular weight excluding hydrogens is 324 g/mol. The van der Waals surface area contributed by atoms with Crippen LogP contribution in [-0.4, -0.2) is 26.0 Å². The van der Waals surface area contributed by atoms with Crippen molar-refractivity contribution in [1.82, 2.24) is 14.9 Å². The van der Waals surface area contributed by atoms with E-state index in [1.54, 1.807) is 31.2 Å². The topological polar surface area (TPSA) is 110 Å². The first-order valence-electron chi connectivity index (χ1n) is 7.41. The summed E-state index contributed by atoms with van der Waals surface area (Å²) >= 11 is 1.23. The second-order valence-corrected chi connectivity index (χ2v) is 7.68. The van der Waals surface area contributed by atoms with Gasteiger partial charge in [0.05, 0.1) is 16.9 Å². The van der Waals surface area contributed by atoms with E-state index in [0.717, 1.165) is 0 Å². The van der Waals surface area contributed by atoms with Crippen LogP contribution in [0.1, 0.15) is 39.1 Å². The van der Waals surface area contributed by atoms with Crippen LogP contribution in [-0.2, 0) is 10.2 Å². The van der Waals surface area contributed by atoms with E-state index in [1.807, 2.05) is 26.8 Å². The van der Waals surface area contributed by atoms with Crippen molar-refractivity contribution in [2.45, 2.75) is 43.5 Å². The lowest BCUT2D eigenvalue weighted by Crippen LogP contribution is -2.26. The molecule has 0 aliphatic heterocycles. The number of hydrogen-bond donors (Lipinski definition) is 2. The Morgan fingerprint density at radius 2 is 2.12 bits per heavy atom. The van der Waals surface area contributed by atoms with Crippen molar-refractivity contribution < 1.29 is 4.79 Å². The Balaban J connectivity index is 2.07. The first-order chi connectivity index (χ1) is 11.2. The first kappa shape index (κ1) is 17.8. The third-order valence-electron chi connectivity index (χ3n) is 3.25. The average molecular weight is 344 g/mol. The highest BCUT2D eigenvalue weighted by Gasteiger charge is 2.25. The number of anilines is 1. The highest BCUT2D eigenvalue weighted by atomic mass is 32.2. The SMILES string of the molecule is C[C@H](Sc1nnc(C(C)(C)C)n1N)C(=O)Nc1cccc(C#N)c1. The lowest BCUT2D eigenvalue weighted by Gasteiger charge is -2.17. The second kappa shape index (κ2) is 6.93. The number of thioether (sulfide) groups is 1. The summed E-state index contributed by atoms with van der Waals surface area (Å²) in [7, 11) is 0. The molecule has 0 saturated carbocycles. The van der Waals surface area contributed by atoms with Crippen molar-refractivity contribution >= 4 is 23.4 Å². The molecular formula is C16H20N6OS. The number of carbonyl (C=O) groups is 1. The van der Waals surface area contributed by atoms with Gasteiger partial charge in [-0.05, 0) is 25.1 Å². The molecule has 0 aliphatic carbocycles. The van der Waals surface area contributed by atoms with Crippen LogP contribution in [0.3, 0.4) is 0 Å². The number of nitrogens with two attached hydrogens (primary N) is 1. The van der Waals surface area contributed by atoms with Crippen molar-refractivity contribution in [1.29, 1.82) is 5.26 Å². The second-order valence-electron chi connectivity index (χ2n) is 6.37. The first-order valence-corrected chi connectivity index (χ1v) is 8.29. The standard InChI is InChI=1S/C16H20N6OS/c1-10(13(23)19-12-7-5-6-11(8-12)9-17)24-15-21-20-14(22(15)18)16(2,3)4/h5-8,10H,18H2,1-4H3,(H,19,23)/t10-/m0/s1. The molecule has 1 atom stereocenters. The summed E-state index contributed by atoms with van der Waals surface area (Å²) in [5.74, 6) is 6.48. The lowest BCUT2D eigenvalue weighted by atomic mass is 9.96. The number of nitriles is 1. The van der Waals surface area contributed by atoms with Gasteiger partial charge < -0.3 is 11.2 Å². The number of nitrogen functional groups attached to an aromatic ring is 1. The van der Waals surface area contributed by atoms with Crippen molar-refractivity contribution in [3.63, 3.8) is 0 Å². The van der Waals surface area contributed by atoms with Gasteiger partial charge in [-0.3, -0.25) is 4.79 Å². The molecule has 1 aromatic heterocycles. The van der Waals surface area contributed by atoms with Gasteiger partial charge in [0.2, 0.25) is 11.1 Å². The number of amides is 1. The quantitative estimate of drug-likeness (QED) is 0.650. The summed E-state index contributed by atoms with van der Waals surface area (Å²) in [5.41, 5.74) is 0.838. The third-order valence-corrected chi connectivity index (χ3v) is 4.30. The van der Waals surface area contributed by atoms with E-state index < -0.39 is 5.25 Å². The van der Waals surface area contributed by atoms with Gasteiger partial charge in [-0.15, -0.1) is 10.2 Å². The maximum absolute atomic E-state index is 12.3. The largest absolute Gasteiger partial charge is 0.336 e. The molecule has 8 heteroatoms. The number of carbonyl (C=O) groups excluding carboxylic acids is 1.